The monoisotopic (exact) mass is 228 g/mol. The smallest absolute Gasteiger partial charge is 0.256 e. The average molecular weight is 228 g/mol. The summed E-state index contributed by atoms with van der Waals surface area (Å²) in [6.07, 6.45) is 1.69. The first-order valence-electron chi connectivity index (χ1n) is 5.18. The second-order valence-electron chi connectivity index (χ2n) is 3.72. The molecule has 17 heavy (non-hydrogen) atoms. The summed E-state index contributed by atoms with van der Waals surface area (Å²) in [7, 11) is 0. The Labute approximate surface area is 98.9 Å². The molecule has 2 rings (SSSR count). The molecule has 0 spiro atoms. The number of rotatable bonds is 2. The van der Waals surface area contributed by atoms with Crippen molar-refractivity contribution in [3.05, 3.63) is 53.7 Å². The number of hydrogen-bond donors (Lipinski definition) is 2. The SMILES string of the molecule is Cc1ccc(NC(=O)c2ccc(O)cc2)nc1. The number of carbonyl (C=O) groups is 1. The number of nitrogens with one attached hydrogen (secondary N) is 1. The Morgan fingerprint density at radius 2 is 1.88 bits per heavy atom. The maximum absolute atomic E-state index is 11.8. The van der Waals surface area contributed by atoms with Gasteiger partial charge in [0.2, 0.25) is 0 Å². The van der Waals surface area contributed by atoms with Gasteiger partial charge in [-0.05, 0) is 42.8 Å². The molecule has 1 aromatic heterocycles. The maximum Gasteiger partial charge on any atom is 0.256 e. The number of amides is 1. The highest BCUT2D eigenvalue weighted by Crippen LogP contribution is 2.11. The Morgan fingerprint density at radius 3 is 2.47 bits per heavy atom. The van der Waals surface area contributed by atoms with Gasteiger partial charge in [0.25, 0.3) is 5.91 Å². The van der Waals surface area contributed by atoms with E-state index in [0.29, 0.717) is 11.4 Å². The van der Waals surface area contributed by atoms with E-state index in [4.69, 9.17) is 5.11 Å². The molecule has 2 aromatic rings. The van der Waals surface area contributed by atoms with Gasteiger partial charge in [-0.3, -0.25) is 4.79 Å². The lowest BCUT2D eigenvalue weighted by Crippen LogP contribution is -2.12. The van der Waals surface area contributed by atoms with Gasteiger partial charge in [0.05, 0.1) is 0 Å². The van der Waals surface area contributed by atoms with Crippen LogP contribution in [0.4, 0.5) is 5.82 Å². The van der Waals surface area contributed by atoms with Crippen molar-refractivity contribution in [2.45, 2.75) is 6.92 Å². The molecule has 0 bridgehead atoms. The zero-order valence-electron chi connectivity index (χ0n) is 9.34. The first-order chi connectivity index (χ1) is 8.15. The van der Waals surface area contributed by atoms with Crippen molar-refractivity contribution in [3.8, 4) is 5.75 Å². The zero-order valence-corrected chi connectivity index (χ0v) is 9.34. The third kappa shape index (κ3) is 2.81. The van der Waals surface area contributed by atoms with E-state index in [1.165, 1.54) is 12.1 Å². The van der Waals surface area contributed by atoms with Crippen LogP contribution in [0.2, 0.25) is 0 Å². The van der Waals surface area contributed by atoms with Gasteiger partial charge < -0.3 is 10.4 Å². The summed E-state index contributed by atoms with van der Waals surface area (Å²) < 4.78 is 0. The van der Waals surface area contributed by atoms with Gasteiger partial charge in [-0.15, -0.1) is 0 Å². The number of carbonyl (C=O) groups excluding carboxylic acids is 1. The van der Waals surface area contributed by atoms with E-state index in [9.17, 15) is 4.79 Å². The minimum Gasteiger partial charge on any atom is -0.508 e. The molecule has 86 valence electrons. The Bertz CT molecular complexity index is 518. The number of aryl methyl sites for hydroxylation is 1. The van der Waals surface area contributed by atoms with Crippen LogP contribution in [-0.4, -0.2) is 16.0 Å². The minimum absolute atomic E-state index is 0.134. The number of hydrogen-bond acceptors (Lipinski definition) is 3. The molecule has 4 heteroatoms. The number of phenols is 1. The van der Waals surface area contributed by atoms with Gasteiger partial charge in [0.15, 0.2) is 0 Å². The zero-order chi connectivity index (χ0) is 12.3. The number of nitrogens with zero attached hydrogens (tertiary/aromatic N) is 1. The predicted molar refractivity (Wildman–Crippen MR) is 65.0 cm³/mol. The second-order valence-corrected chi connectivity index (χ2v) is 3.72. The fraction of sp³-hybridized carbons (Fsp3) is 0.0769. The number of aromatic hydroxyl groups is 1. The number of pyridine rings is 1. The van der Waals surface area contributed by atoms with Crippen molar-refractivity contribution >= 4 is 11.7 Å². The van der Waals surface area contributed by atoms with E-state index in [2.05, 4.69) is 10.3 Å². The van der Waals surface area contributed by atoms with Crippen LogP contribution in [-0.2, 0) is 0 Å². The number of anilines is 1. The number of aromatic nitrogens is 1. The van der Waals surface area contributed by atoms with E-state index in [1.807, 2.05) is 13.0 Å². The van der Waals surface area contributed by atoms with Crippen molar-refractivity contribution in [1.29, 1.82) is 0 Å². The van der Waals surface area contributed by atoms with Crippen molar-refractivity contribution in [1.82, 2.24) is 4.98 Å². The fourth-order valence-corrected chi connectivity index (χ4v) is 1.34. The molecular weight excluding hydrogens is 216 g/mol. The van der Waals surface area contributed by atoms with Crippen LogP contribution in [0.5, 0.6) is 5.75 Å². The molecule has 1 aromatic carbocycles. The molecule has 0 unspecified atom stereocenters. The van der Waals surface area contributed by atoms with Crippen LogP contribution >= 0.6 is 0 Å². The van der Waals surface area contributed by atoms with Crippen LogP contribution < -0.4 is 5.32 Å². The van der Waals surface area contributed by atoms with Gasteiger partial charge in [-0.1, -0.05) is 6.07 Å². The molecule has 0 atom stereocenters. The van der Waals surface area contributed by atoms with Crippen molar-refractivity contribution in [2.75, 3.05) is 5.32 Å². The highest BCUT2D eigenvalue weighted by atomic mass is 16.3. The summed E-state index contributed by atoms with van der Waals surface area (Å²) >= 11 is 0. The average Bonchev–Trinajstić information content (AvgIpc) is 2.33. The number of benzene rings is 1. The quantitative estimate of drug-likeness (QED) is 0.829. The highest BCUT2D eigenvalue weighted by molar-refractivity contribution is 6.03. The molecule has 1 heterocycles. The van der Waals surface area contributed by atoms with E-state index >= 15 is 0 Å². The second kappa shape index (κ2) is 4.65. The molecule has 2 N–H and O–H groups in total. The van der Waals surface area contributed by atoms with E-state index < -0.39 is 0 Å². The molecular formula is C13H12N2O2. The normalized spacial score (nSPS) is 9.94. The van der Waals surface area contributed by atoms with Gasteiger partial charge in [0, 0.05) is 11.8 Å². The molecule has 0 saturated heterocycles. The molecule has 1 amide bonds. The molecule has 0 aliphatic rings. The lowest BCUT2D eigenvalue weighted by Gasteiger charge is -2.04. The summed E-state index contributed by atoms with van der Waals surface area (Å²) in [5.74, 6) is 0.394. The molecule has 0 aliphatic carbocycles. The predicted octanol–water partition coefficient (Wildman–Crippen LogP) is 2.35. The van der Waals surface area contributed by atoms with Crippen molar-refractivity contribution in [3.63, 3.8) is 0 Å². The Hall–Kier alpha value is -2.36. The molecule has 4 nitrogen and oxygen atoms in total. The Balaban J connectivity index is 2.11. The molecule has 0 saturated carbocycles. The van der Waals surface area contributed by atoms with Crippen LogP contribution in [0.3, 0.4) is 0 Å². The van der Waals surface area contributed by atoms with Crippen LogP contribution in [0.15, 0.2) is 42.6 Å². The fourth-order valence-electron chi connectivity index (χ4n) is 1.34. The summed E-state index contributed by atoms with van der Waals surface area (Å²) in [5.41, 5.74) is 1.51. The van der Waals surface area contributed by atoms with Crippen LogP contribution in [0, 0.1) is 6.92 Å². The van der Waals surface area contributed by atoms with Crippen molar-refractivity contribution < 1.29 is 9.90 Å². The first-order valence-corrected chi connectivity index (χ1v) is 5.18. The standard InChI is InChI=1S/C13H12N2O2/c1-9-2-7-12(14-8-9)15-13(17)10-3-5-11(16)6-4-10/h2-8,16H,1H3,(H,14,15,17). The summed E-state index contributed by atoms with van der Waals surface area (Å²) in [4.78, 5) is 15.9. The van der Waals surface area contributed by atoms with Crippen LogP contribution in [0.25, 0.3) is 0 Å². The third-order valence-corrected chi connectivity index (χ3v) is 2.28. The number of phenolic OH excluding ortho intramolecular Hbond substituents is 1. The third-order valence-electron chi connectivity index (χ3n) is 2.28. The summed E-state index contributed by atoms with van der Waals surface area (Å²) in [5, 5.41) is 11.8. The lowest BCUT2D eigenvalue weighted by atomic mass is 10.2. The largest absolute Gasteiger partial charge is 0.508 e. The summed E-state index contributed by atoms with van der Waals surface area (Å²) in [6, 6.07) is 9.67. The minimum atomic E-state index is -0.249. The Morgan fingerprint density at radius 1 is 1.18 bits per heavy atom. The van der Waals surface area contributed by atoms with Gasteiger partial charge in [0.1, 0.15) is 11.6 Å². The first kappa shape index (κ1) is 11.1. The maximum atomic E-state index is 11.8. The topological polar surface area (TPSA) is 62.2 Å². The van der Waals surface area contributed by atoms with Crippen LogP contribution in [0.1, 0.15) is 15.9 Å². The molecule has 0 fully saturated rings. The lowest BCUT2D eigenvalue weighted by molar-refractivity contribution is 0.102. The Kier molecular flexibility index (Phi) is 3.05. The van der Waals surface area contributed by atoms with E-state index in [-0.39, 0.29) is 11.7 Å². The van der Waals surface area contributed by atoms with Gasteiger partial charge in [-0.25, -0.2) is 4.98 Å². The highest BCUT2D eigenvalue weighted by Gasteiger charge is 2.06. The summed E-state index contributed by atoms with van der Waals surface area (Å²) in [6.45, 7) is 1.93. The van der Waals surface area contributed by atoms with Crippen molar-refractivity contribution in [2.24, 2.45) is 0 Å². The van der Waals surface area contributed by atoms with E-state index in [0.717, 1.165) is 5.56 Å². The molecule has 0 aliphatic heterocycles. The molecule has 0 radical (unpaired) electrons. The van der Waals surface area contributed by atoms with Gasteiger partial charge in [-0.2, -0.15) is 0 Å². The van der Waals surface area contributed by atoms with E-state index in [1.54, 1.807) is 24.4 Å². The van der Waals surface area contributed by atoms with Gasteiger partial charge >= 0.3 is 0 Å².